The highest BCUT2D eigenvalue weighted by molar-refractivity contribution is 9.09. The molecular formula is C12H11BrO2S2. The van der Waals surface area contributed by atoms with Crippen LogP contribution in [0.3, 0.4) is 0 Å². The summed E-state index contributed by atoms with van der Waals surface area (Å²) >= 11 is 5.23. The van der Waals surface area contributed by atoms with Crippen molar-refractivity contribution in [3.63, 3.8) is 0 Å². The summed E-state index contributed by atoms with van der Waals surface area (Å²) < 4.78 is 23.0. The smallest absolute Gasteiger partial charge is 0.175 e. The Morgan fingerprint density at radius 2 is 2.00 bits per heavy atom. The van der Waals surface area contributed by atoms with E-state index in [1.54, 1.807) is 29.5 Å². The molecule has 0 bridgehead atoms. The van der Waals surface area contributed by atoms with Crippen LogP contribution in [-0.2, 0) is 9.84 Å². The normalized spacial score (nSPS) is 13.5. The van der Waals surface area contributed by atoms with Gasteiger partial charge >= 0.3 is 0 Å². The molecule has 1 aromatic heterocycles. The highest BCUT2D eigenvalue weighted by Gasteiger charge is 2.14. The van der Waals surface area contributed by atoms with Crippen molar-refractivity contribution in [2.45, 2.75) is 9.72 Å². The SMILES string of the molecule is CS(=O)(=O)c1cccc(C(Br)c2cccs2)c1. The summed E-state index contributed by atoms with van der Waals surface area (Å²) in [4.78, 5) is 1.57. The summed E-state index contributed by atoms with van der Waals surface area (Å²) in [7, 11) is -3.15. The van der Waals surface area contributed by atoms with Crippen LogP contribution < -0.4 is 0 Å². The summed E-state index contributed by atoms with van der Waals surface area (Å²) in [5.41, 5.74) is 0.954. The minimum absolute atomic E-state index is 0.0456. The van der Waals surface area contributed by atoms with Gasteiger partial charge in [0, 0.05) is 11.1 Å². The average Bonchev–Trinajstić information content (AvgIpc) is 2.80. The fraction of sp³-hybridized carbons (Fsp3) is 0.167. The van der Waals surface area contributed by atoms with Gasteiger partial charge in [-0.3, -0.25) is 0 Å². The van der Waals surface area contributed by atoms with E-state index in [0.29, 0.717) is 4.90 Å². The maximum atomic E-state index is 11.5. The van der Waals surface area contributed by atoms with Gasteiger partial charge in [0.15, 0.2) is 9.84 Å². The molecule has 17 heavy (non-hydrogen) atoms. The van der Waals surface area contributed by atoms with Crippen molar-refractivity contribution in [2.75, 3.05) is 6.26 Å². The van der Waals surface area contributed by atoms with Gasteiger partial charge in [0.1, 0.15) is 0 Å². The molecule has 0 aliphatic heterocycles. The van der Waals surface area contributed by atoms with Gasteiger partial charge in [0.05, 0.1) is 9.72 Å². The molecule has 2 rings (SSSR count). The van der Waals surface area contributed by atoms with E-state index in [0.717, 1.165) is 10.4 Å². The number of halogens is 1. The third kappa shape index (κ3) is 2.97. The predicted octanol–water partition coefficient (Wildman–Crippen LogP) is 3.64. The van der Waals surface area contributed by atoms with E-state index in [4.69, 9.17) is 0 Å². The van der Waals surface area contributed by atoms with E-state index < -0.39 is 9.84 Å². The van der Waals surface area contributed by atoms with Crippen molar-refractivity contribution in [1.82, 2.24) is 0 Å². The van der Waals surface area contributed by atoms with Gasteiger partial charge in [-0.15, -0.1) is 11.3 Å². The number of alkyl halides is 1. The molecule has 0 aliphatic carbocycles. The zero-order valence-electron chi connectivity index (χ0n) is 9.13. The number of thiophene rings is 1. The standard InChI is InChI=1S/C12H11BrO2S2/c1-17(14,15)10-5-2-4-9(8-10)12(13)11-6-3-7-16-11/h2-8,12H,1H3. The summed E-state index contributed by atoms with van der Waals surface area (Å²) in [5.74, 6) is 0. The number of sulfone groups is 1. The van der Waals surface area contributed by atoms with Gasteiger partial charge in [-0.2, -0.15) is 0 Å². The molecule has 90 valence electrons. The fourth-order valence-corrected chi connectivity index (χ4v) is 3.67. The molecule has 2 nitrogen and oxygen atoms in total. The first-order chi connectivity index (χ1) is 7.98. The molecule has 5 heteroatoms. The van der Waals surface area contributed by atoms with Crippen LogP contribution in [0.4, 0.5) is 0 Å². The van der Waals surface area contributed by atoms with Crippen molar-refractivity contribution in [2.24, 2.45) is 0 Å². The lowest BCUT2D eigenvalue weighted by atomic mass is 10.1. The van der Waals surface area contributed by atoms with Gasteiger partial charge in [-0.25, -0.2) is 8.42 Å². The molecule has 0 saturated carbocycles. The van der Waals surface area contributed by atoms with Gasteiger partial charge < -0.3 is 0 Å². The van der Waals surface area contributed by atoms with E-state index in [-0.39, 0.29) is 4.83 Å². The third-order valence-corrected chi connectivity index (χ3v) is 5.74. The second kappa shape index (κ2) is 4.92. The van der Waals surface area contributed by atoms with E-state index in [2.05, 4.69) is 15.9 Å². The van der Waals surface area contributed by atoms with Crippen LogP contribution in [0.5, 0.6) is 0 Å². The minimum atomic E-state index is -3.15. The maximum Gasteiger partial charge on any atom is 0.175 e. The molecule has 1 unspecified atom stereocenters. The van der Waals surface area contributed by atoms with Crippen LogP contribution in [0.1, 0.15) is 15.3 Å². The molecule has 1 atom stereocenters. The van der Waals surface area contributed by atoms with Crippen LogP contribution in [0.2, 0.25) is 0 Å². The molecule has 0 amide bonds. The van der Waals surface area contributed by atoms with Crippen molar-refractivity contribution >= 4 is 37.1 Å². The largest absolute Gasteiger partial charge is 0.224 e. The summed E-state index contributed by atoms with van der Waals surface area (Å²) in [6, 6.07) is 11.0. The van der Waals surface area contributed by atoms with E-state index in [9.17, 15) is 8.42 Å². The second-order valence-corrected chi connectivity index (χ2v) is 7.63. The number of hydrogen-bond acceptors (Lipinski definition) is 3. The Bertz CT molecular complexity index is 603. The lowest BCUT2D eigenvalue weighted by molar-refractivity contribution is 0.602. The van der Waals surface area contributed by atoms with Gasteiger partial charge in [-0.05, 0) is 29.1 Å². The number of benzene rings is 1. The first-order valence-corrected chi connectivity index (χ1v) is 8.64. The van der Waals surface area contributed by atoms with Gasteiger partial charge in [-0.1, -0.05) is 34.1 Å². The zero-order chi connectivity index (χ0) is 12.5. The topological polar surface area (TPSA) is 34.1 Å². The molecule has 2 aromatic rings. The average molecular weight is 331 g/mol. The summed E-state index contributed by atoms with van der Waals surface area (Å²) in [5, 5.41) is 2.00. The van der Waals surface area contributed by atoms with Crippen molar-refractivity contribution < 1.29 is 8.42 Å². The van der Waals surface area contributed by atoms with Crippen molar-refractivity contribution in [1.29, 1.82) is 0 Å². The molecule has 0 N–H and O–H groups in total. The molecule has 0 fully saturated rings. The molecule has 0 radical (unpaired) electrons. The molecular weight excluding hydrogens is 320 g/mol. The van der Waals surface area contributed by atoms with Crippen LogP contribution in [0, 0.1) is 0 Å². The zero-order valence-corrected chi connectivity index (χ0v) is 12.3. The van der Waals surface area contributed by atoms with Crippen molar-refractivity contribution in [3.8, 4) is 0 Å². The molecule has 1 aromatic carbocycles. The Hall–Kier alpha value is -0.650. The Kier molecular flexibility index (Phi) is 3.70. The van der Waals surface area contributed by atoms with Gasteiger partial charge in [0.2, 0.25) is 0 Å². The lowest BCUT2D eigenvalue weighted by Crippen LogP contribution is -1.99. The van der Waals surface area contributed by atoms with Crippen LogP contribution in [-0.4, -0.2) is 14.7 Å². The van der Waals surface area contributed by atoms with Crippen molar-refractivity contribution in [3.05, 3.63) is 52.2 Å². The Balaban J connectivity index is 2.41. The van der Waals surface area contributed by atoms with E-state index >= 15 is 0 Å². The fourth-order valence-electron chi connectivity index (χ4n) is 1.50. The lowest BCUT2D eigenvalue weighted by Gasteiger charge is -2.09. The summed E-state index contributed by atoms with van der Waals surface area (Å²) in [6.07, 6.45) is 1.22. The predicted molar refractivity (Wildman–Crippen MR) is 74.6 cm³/mol. The molecule has 0 spiro atoms. The van der Waals surface area contributed by atoms with E-state index in [1.807, 2.05) is 23.6 Å². The number of hydrogen-bond donors (Lipinski definition) is 0. The van der Waals surface area contributed by atoms with Crippen LogP contribution in [0.15, 0.2) is 46.7 Å². The van der Waals surface area contributed by atoms with E-state index in [1.165, 1.54) is 6.26 Å². The molecule has 0 saturated heterocycles. The second-order valence-electron chi connectivity index (χ2n) is 3.72. The van der Waals surface area contributed by atoms with Crippen LogP contribution in [0.25, 0.3) is 0 Å². The molecule has 1 heterocycles. The van der Waals surface area contributed by atoms with Gasteiger partial charge in [0.25, 0.3) is 0 Å². The summed E-state index contributed by atoms with van der Waals surface area (Å²) in [6.45, 7) is 0. The quantitative estimate of drug-likeness (QED) is 0.805. The Morgan fingerprint density at radius 1 is 1.24 bits per heavy atom. The van der Waals surface area contributed by atoms with Crippen LogP contribution >= 0.6 is 27.3 Å². The monoisotopic (exact) mass is 330 g/mol. The third-order valence-electron chi connectivity index (χ3n) is 2.37. The highest BCUT2D eigenvalue weighted by atomic mass is 79.9. The number of rotatable bonds is 3. The Morgan fingerprint density at radius 3 is 2.59 bits per heavy atom. The highest BCUT2D eigenvalue weighted by Crippen LogP contribution is 2.34. The minimum Gasteiger partial charge on any atom is -0.224 e. The molecule has 0 aliphatic rings. The first-order valence-electron chi connectivity index (χ1n) is 4.96. The first kappa shape index (κ1) is 12.8. The maximum absolute atomic E-state index is 11.5. The Labute approximate surface area is 113 Å².